The van der Waals surface area contributed by atoms with Crippen molar-refractivity contribution >= 4 is 0 Å². The van der Waals surface area contributed by atoms with Gasteiger partial charge in [0.05, 0.1) is 0 Å². The molecule has 0 heterocycles. The second kappa shape index (κ2) is 6.75. The molecule has 2 atom stereocenters. The van der Waals surface area contributed by atoms with Crippen molar-refractivity contribution in [3.8, 4) is 0 Å². The summed E-state index contributed by atoms with van der Waals surface area (Å²) in [5.41, 5.74) is 6.05. The van der Waals surface area contributed by atoms with Crippen LogP contribution in [-0.4, -0.2) is 18.1 Å². The maximum Gasteiger partial charge on any atom is 0.00843 e. The highest BCUT2D eigenvalue weighted by Crippen LogP contribution is 2.29. The number of hydrogen-bond acceptors (Lipinski definition) is 2. The molecule has 100 valence electrons. The third-order valence-electron chi connectivity index (χ3n) is 4.73. The standard InChI is InChI=1S/C15H30N2/c1-2-4-12-7-9-14(10-8-12)17-15-6-3-5-13(16)11-15/h12-15,17H,2-11,16H2,1H3. The van der Waals surface area contributed by atoms with E-state index in [1.54, 1.807) is 0 Å². The second-order valence-corrected chi connectivity index (χ2v) is 6.30. The average molecular weight is 238 g/mol. The van der Waals surface area contributed by atoms with Gasteiger partial charge in [-0.15, -0.1) is 0 Å². The van der Waals surface area contributed by atoms with Crippen LogP contribution in [0.15, 0.2) is 0 Å². The van der Waals surface area contributed by atoms with E-state index in [-0.39, 0.29) is 0 Å². The van der Waals surface area contributed by atoms with Gasteiger partial charge >= 0.3 is 0 Å². The van der Waals surface area contributed by atoms with Crippen LogP contribution in [0.3, 0.4) is 0 Å². The van der Waals surface area contributed by atoms with Crippen molar-refractivity contribution in [1.82, 2.24) is 5.32 Å². The van der Waals surface area contributed by atoms with E-state index >= 15 is 0 Å². The van der Waals surface area contributed by atoms with Crippen molar-refractivity contribution in [2.24, 2.45) is 11.7 Å². The minimum absolute atomic E-state index is 0.456. The van der Waals surface area contributed by atoms with Gasteiger partial charge in [-0.2, -0.15) is 0 Å². The molecular formula is C15H30N2. The van der Waals surface area contributed by atoms with Crippen LogP contribution in [0.5, 0.6) is 0 Å². The highest BCUT2D eigenvalue weighted by Gasteiger charge is 2.25. The summed E-state index contributed by atoms with van der Waals surface area (Å²) in [4.78, 5) is 0. The summed E-state index contributed by atoms with van der Waals surface area (Å²) in [6.45, 7) is 2.31. The Kier molecular flexibility index (Phi) is 5.30. The summed E-state index contributed by atoms with van der Waals surface area (Å²) in [7, 11) is 0. The molecule has 0 aromatic rings. The molecule has 0 radical (unpaired) electrons. The molecule has 2 heteroatoms. The fourth-order valence-electron chi connectivity index (χ4n) is 3.74. The minimum Gasteiger partial charge on any atom is -0.328 e. The van der Waals surface area contributed by atoms with Crippen LogP contribution in [0.1, 0.15) is 71.1 Å². The largest absolute Gasteiger partial charge is 0.328 e. The van der Waals surface area contributed by atoms with Crippen LogP contribution in [-0.2, 0) is 0 Å². The molecule has 3 N–H and O–H groups in total. The predicted octanol–water partition coefficient (Wildman–Crippen LogP) is 3.20. The molecule has 0 aromatic carbocycles. The Hall–Kier alpha value is -0.0800. The Balaban J connectivity index is 1.67. The monoisotopic (exact) mass is 238 g/mol. The lowest BCUT2D eigenvalue weighted by molar-refractivity contribution is 0.237. The molecule has 2 aliphatic rings. The van der Waals surface area contributed by atoms with E-state index in [1.807, 2.05) is 0 Å². The van der Waals surface area contributed by atoms with Gasteiger partial charge in [0.2, 0.25) is 0 Å². The Morgan fingerprint density at radius 3 is 2.41 bits per heavy atom. The van der Waals surface area contributed by atoms with Crippen molar-refractivity contribution in [2.75, 3.05) is 0 Å². The first-order valence-corrected chi connectivity index (χ1v) is 7.79. The van der Waals surface area contributed by atoms with Crippen molar-refractivity contribution in [2.45, 2.75) is 89.3 Å². The van der Waals surface area contributed by atoms with Crippen molar-refractivity contribution in [1.29, 1.82) is 0 Å². The Morgan fingerprint density at radius 1 is 1.00 bits per heavy atom. The van der Waals surface area contributed by atoms with E-state index < -0.39 is 0 Å². The van der Waals surface area contributed by atoms with E-state index in [2.05, 4.69) is 12.2 Å². The molecule has 2 unspecified atom stereocenters. The minimum atomic E-state index is 0.456. The van der Waals surface area contributed by atoms with E-state index in [0.29, 0.717) is 12.1 Å². The zero-order chi connectivity index (χ0) is 12.1. The van der Waals surface area contributed by atoms with Gasteiger partial charge in [0.1, 0.15) is 0 Å². The molecule has 0 aromatic heterocycles. The fraction of sp³-hybridized carbons (Fsp3) is 1.00. The predicted molar refractivity (Wildman–Crippen MR) is 74.0 cm³/mol. The summed E-state index contributed by atoms with van der Waals surface area (Å²) in [6.07, 6.45) is 13.6. The van der Waals surface area contributed by atoms with Gasteiger partial charge in [-0.1, -0.05) is 26.2 Å². The number of rotatable bonds is 4. The fourth-order valence-corrected chi connectivity index (χ4v) is 3.74. The molecule has 0 bridgehead atoms. The van der Waals surface area contributed by atoms with Crippen LogP contribution in [0.4, 0.5) is 0 Å². The zero-order valence-corrected chi connectivity index (χ0v) is 11.5. The number of nitrogens with one attached hydrogen (secondary N) is 1. The lowest BCUT2D eigenvalue weighted by Crippen LogP contribution is -2.45. The van der Waals surface area contributed by atoms with Crippen LogP contribution in [0, 0.1) is 5.92 Å². The molecule has 17 heavy (non-hydrogen) atoms. The van der Waals surface area contributed by atoms with Crippen LogP contribution in [0.25, 0.3) is 0 Å². The van der Waals surface area contributed by atoms with E-state index in [4.69, 9.17) is 5.73 Å². The summed E-state index contributed by atoms with van der Waals surface area (Å²) in [6, 6.07) is 1.96. The molecule has 0 amide bonds. The van der Waals surface area contributed by atoms with Crippen molar-refractivity contribution in [3.63, 3.8) is 0 Å². The van der Waals surface area contributed by atoms with Gasteiger partial charge in [0.25, 0.3) is 0 Å². The topological polar surface area (TPSA) is 38.0 Å². The zero-order valence-electron chi connectivity index (χ0n) is 11.5. The summed E-state index contributed by atoms with van der Waals surface area (Å²) in [5, 5.41) is 3.87. The highest BCUT2D eigenvalue weighted by molar-refractivity contribution is 4.85. The molecule has 2 nitrogen and oxygen atoms in total. The number of nitrogens with two attached hydrogens (primary N) is 1. The summed E-state index contributed by atoms with van der Waals surface area (Å²) in [5.74, 6) is 1.02. The Morgan fingerprint density at radius 2 is 1.76 bits per heavy atom. The van der Waals surface area contributed by atoms with Crippen LogP contribution >= 0.6 is 0 Å². The van der Waals surface area contributed by atoms with E-state index in [1.165, 1.54) is 64.2 Å². The first-order chi connectivity index (χ1) is 8.28. The van der Waals surface area contributed by atoms with Gasteiger partial charge in [0, 0.05) is 18.1 Å². The van der Waals surface area contributed by atoms with E-state index in [0.717, 1.165) is 12.0 Å². The van der Waals surface area contributed by atoms with Gasteiger partial charge in [-0.05, 0) is 50.9 Å². The van der Waals surface area contributed by atoms with Gasteiger partial charge in [0.15, 0.2) is 0 Å². The third kappa shape index (κ3) is 4.26. The first kappa shape index (κ1) is 13.4. The Bertz CT molecular complexity index is 209. The molecule has 2 rings (SSSR count). The maximum absolute atomic E-state index is 6.05. The Labute approximate surface area is 107 Å². The normalized spacial score (nSPS) is 39.2. The van der Waals surface area contributed by atoms with Crippen molar-refractivity contribution in [3.05, 3.63) is 0 Å². The van der Waals surface area contributed by atoms with Crippen LogP contribution < -0.4 is 11.1 Å². The molecule has 0 aliphatic heterocycles. The van der Waals surface area contributed by atoms with E-state index in [9.17, 15) is 0 Å². The number of hydrogen-bond donors (Lipinski definition) is 2. The van der Waals surface area contributed by atoms with Gasteiger partial charge < -0.3 is 11.1 Å². The molecular weight excluding hydrogens is 208 g/mol. The molecule has 2 fully saturated rings. The quantitative estimate of drug-likeness (QED) is 0.789. The lowest BCUT2D eigenvalue weighted by atomic mass is 9.82. The van der Waals surface area contributed by atoms with Gasteiger partial charge in [-0.3, -0.25) is 0 Å². The SMILES string of the molecule is CCCC1CCC(NC2CCCC(N)C2)CC1. The third-order valence-corrected chi connectivity index (χ3v) is 4.73. The summed E-state index contributed by atoms with van der Waals surface area (Å²) >= 11 is 0. The average Bonchev–Trinajstić information content (AvgIpc) is 2.32. The second-order valence-electron chi connectivity index (χ2n) is 6.30. The smallest absolute Gasteiger partial charge is 0.00843 e. The molecule has 0 saturated heterocycles. The molecule has 0 spiro atoms. The maximum atomic E-state index is 6.05. The first-order valence-electron chi connectivity index (χ1n) is 7.79. The van der Waals surface area contributed by atoms with Crippen molar-refractivity contribution < 1.29 is 0 Å². The summed E-state index contributed by atoms with van der Waals surface area (Å²) < 4.78 is 0. The van der Waals surface area contributed by atoms with Crippen LogP contribution in [0.2, 0.25) is 0 Å². The molecule has 2 saturated carbocycles. The molecule has 2 aliphatic carbocycles. The lowest BCUT2D eigenvalue weighted by Gasteiger charge is -2.35. The van der Waals surface area contributed by atoms with Gasteiger partial charge in [-0.25, -0.2) is 0 Å². The highest BCUT2D eigenvalue weighted by atomic mass is 15.0.